The minimum absolute atomic E-state index is 0.0342. The number of nitrogen functional groups attached to an aromatic ring is 1. The van der Waals surface area contributed by atoms with Gasteiger partial charge in [0.05, 0.1) is 16.2 Å². The molecule has 0 spiro atoms. The molecule has 10 nitrogen and oxygen atoms in total. The van der Waals surface area contributed by atoms with Crippen LogP contribution in [0.5, 0.6) is 0 Å². The number of carbonyl (C=O) groups excluding carboxylic acids is 3. The fourth-order valence-corrected chi connectivity index (χ4v) is 5.92. The lowest BCUT2D eigenvalue weighted by atomic mass is 10.0. The number of ether oxygens (including phenoxy) is 1. The summed E-state index contributed by atoms with van der Waals surface area (Å²) in [4.78, 5) is 40.3. The Balaban J connectivity index is 1.60. The number of hydrogen-bond donors (Lipinski definition) is 3. The zero-order chi connectivity index (χ0) is 27.3. The minimum atomic E-state index is -4.10. The number of hydrogen-bond acceptors (Lipinski definition) is 8. The number of sulfone groups is 1. The van der Waals surface area contributed by atoms with Crippen LogP contribution in [0.3, 0.4) is 0 Å². The summed E-state index contributed by atoms with van der Waals surface area (Å²) in [6.45, 7) is 0.564. The summed E-state index contributed by atoms with van der Waals surface area (Å²) in [5.41, 5.74) is 11.9. The van der Waals surface area contributed by atoms with Crippen molar-refractivity contribution < 1.29 is 27.5 Å². The second kappa shape index (κ2) is 11.6. The van der Waals surface area contributed by atoms with Crippen molar-refractivity contribution in [2.24, 2.45) is 5.73 Å². The molecule has 11 heteroatoms. The third kappa shape index (κ3) is 6.12. The Hall–Kier alpha value is -3.96. The number of piperidine rings is 1. The van der Waals surface area contributed by atoms with Crippen LogP contribution in [0.4, 0.5) is 10.5 Å². The van der Waals surface area contributed by atoms with E-state index in [0.717, 1.165) is 18.2 Å². The van der Waals surface area contributed by atoms with Gasteiger partial charge in [-0.15, -0.1) is 0 Å². The molecular weight excluding hydrogens is 508 g/mol. The van der Waals surface area contributed by atoms with Gasteiger partial charge in [0.2, 0.25) is 0 Å². The highest BCUT2D eigenvalue weighted by molar-refractivity contribution is 7.91. The van der Waals surface area contributed by atoms with Crippen LogP contribution < -0.4 is 16.8 Å². The molecule has 1 fully saturated rings. The maximum absolute atomic E-state index is 13.4. The van der Waals surface area contributed by atoms with E-state index in [2.05, 4.69) is 5.32 Å². The van der Waals surface area contributed by atoms with Gasteiger partial charge in [-0.25, -0.2) is 18.0 Å². The molecule has 1 aliphatic heterocycles. The van der Waals surface area contributed by atoms with Crippen molar-refractivity contribution in [3.63, 3.8) is 0 Å². The van der Waals surface area contributed by atoms with Gasteiger partial charge in [0, 0.05) is 24.8 Å². The predicted molar refractivity (Wildman–Crippen MR) is 143 cm³/mol. The molecule has 1 unspecified atom stereocenters. The molecule has 1 heterocycles. The van der Waals surface area contributed by atoms with E-state index < -0.39 is 39.6 Å². The molecule has 200 valence electrons. The third-order valence-corrected chi connectivity index (χ3v) is 8.33. The van der Waals surface area contributed by atoms with E-state index in [1.165, 1.54) is 29.2 Å². The summed E-state index contributed by atoms with van der Waals surface area (Å²) in [7, 11) is -4.10. The molecule has 1 saturated heterocycles. The lowest BCUT2D eigenvalue weighted by Crippen LogP contribution is -2.51. The standard InChI is InChI=1S/C27H30N4O6S/c28-16-20-9-5-6-14-31(20)27(34)37-26(33)24(30-25(32)22-10-3-4-11-23(22)29)17-38(35,36)21-13-12-18-7-1-2-8-19(18)15-21/h1-4,7-8,10-13,15,20,24H,5-6,9,14,16-17,28-29H2,(H,30,32)/t20?,24-/m0/s1. The number of esters is 1. The van der Waals surface area contributed by atoms with Crippen LogP contribution in [0, 0.1) is 0 Å². The molecule has 2 amide bonds. The number of anilines is 1. The number of carbonyl (C=O) groups is 3. The smallest absolute Gasteiger partial charge is 0.398 e. The normalized spacial score (nSPS) is 16.6. The molecular formula is C27H30N4O6S. The minimum Gasteiger partial charge on any atom is -0.398 e. The summed E-state index contributed by atoms with van der Waals surface area (Å²) >= 11 is 0. The van der Waals surface area contributed by atoms with Crippen molar-refractivity contribution in [3.05, 3.63) is 72.3 Å². The fourth-order valence-electron chi connectivity index (χ4n) is 4.49. The molecule has 3 aromatic carbocycles. The summed E-state index contributed by atoms with van der Waals surface area (Å²) in [5, 5.41) is 3.94. The van der Waals surface area contributed by atoms with E-state index >= 15 is 0 Å². The first kappa shape index (κ1) is 27.1. The Morgan fingerprint density at radius 1 is 1.00 bits per heavy atom. The molecule has 38 heavy (non-hydrogen) atoms. The third-order valence-electron chi connectivity index (χ3n) is 6.58. The van der Waals surface area contributed by atoms with E-state index in [1.54, 1.807) is 30.3 Å². The first-order chi connectivity index (χ1) is 18.2. The maximum Gasteiger partial charge on any atom is 0.417 e. The van der Waals surface area contributed by atoms with E-state index in [-0.39, 0.29) is 28.7 Å². The summed E-state index contributed by atoms with van der Waals surface area (Å²) in [6, 6.07) is 16.0. The van der Waals surface area contributed by atoms with Crippen molar-refractivity contribution in [1.29, 1.82) is 0 Å². The second-order valence-corrected chi connectivity index (χ2v) is 11.2. The summed E-state index contributed by atoms with van der Waals surface area (Å²) in [6.07, 6.45) is 1.36. The largest absolute Gasteiger partial charge is 0.417 e. The van der Waals surface area contributed by atoms with E-state index in [1.807, 2.05) is 12.1 Å². The summed E-state index contributed by atoms with van der Waals surface area (Å²) < 4.78 is 31.8. The number of fused-ring (bicyclic) bond motifs is 1. The van der Waals surface area contributed by atoms with Gasteiger partial charge in [-0.1, -0.05) is 42.5 Å². The molecule has 2 atom stereocenters. The number of nitrogens with zero attached hydrogens (tertiary/aromatic N) is 1. The van der Waals surface area contributed by atoms with Crippen LogP contribution in [-0.2, 0) is 19.4 Å². The van der Waals surface area contributed by atoms with E-state index in [9.17, 15) is 22.8 Å². The van der Waals surface area contributed by atoms with Crippen LogP contribution in [0.25, 0.3) is 10.8 Å². The van der Waals surface area contributed by atoms with Gasteiger partial charge in [-0.05, 0) is 54.3 Å². The molecule has 0 saturated carbocycles. The van der Waals surface area contributed by atoms with Crippen LogP contribution >= 0.6 is 0 Å². The zero-order valence-electron chi connectivity index (χ0n) is 20.7. The Labute approximate surface area is 220 Å². The number of amides is 2. The van der Waals surface area contributed by atoms with Gasteiger partial charge in [-0.3, -0.25) is 4.79 Å². The fraction of sp³-hybridized carbons (Fsp3) is 0.296. The Kier molecular flexibility index (Phi) is 8.28. The van der Waals surface area contributed by atoms with Gasteiger partial charge < -0.3 is 26.4 Å². The quantitative estimate of drug-likeness (QED) is 0.235. The maximum atomic E-state index is 13.4. The molecule has 3 aromatic rings. The van der Waals surface area contributed by atoms with Crippen molar-refractivity contribution in [1.82, 2.24) is 10.2 Å². The first-order valence-corrected chi connectivity index (χ1v) is 13.9. The van der Waals surface area contributed by atoms with Gasteiger partial charge in [0.25, 0.3) is 5.91 Å². The topological polar surface area (TPSA) is 162 Å². The van der Waals surface area contributed by atoms with Gasteiger partial charge in [0.15, 0.2) is 9.84 Å². The van der Waals surface area contributed by atoms with Gasteiger partial charge in [0.1, 0.15) is 6.04 Å². The number of para-hydroxylation sites is 1. The average molecular weight is 539 g/mol. The first-order valence-electron chi connectivity index (χ1n) is 12.3. The van der Waals surface area contributed by atoms with Crippen molar-refractivity contribution in [3.8, 4) is 0 Å². The average Bonchev–Trinajstić information content (AvgIpc) is 2.92. The Morgan fingerprint density at radius 2 is 1.71 bits per heavy atom. The summed E-state index contributed by atoms with van der Waals surface area (Å²) in [5.74, 6) is -2.79. The highest BCUT2D eigenvalue weighted by Crippen LogP contribution is 2.22. The number of rotatable bonds is 7. The molecule has 0 aliphatic carbocycles. The molecule has 0 aromatic heterocycles. The van der Waals surface area contributed by atoms with E-state index in [0.29, 0.717) is 18.4 Å². The highest BCUT2D eigenvalue weighted by Gasteiger charge is 2.34. The van der Waals surface area contributed by atoms with Crippen LogP contribution in [-0.4, -0.2) is 62.2 Å². The Bertz CT molecular complexity index is 1460. The SMILES string of the molecule is NCC1CCCCN1C(=O)OC(=O)[C@H](CS(=O)(=O)c1ccc2ccccc2c1)NC(=O)c1ccccc1N. The molecule has 0 bridgehead atoms. The predicted octanol–water partition coefficient (Wildman–Crippen LogP) is 2.47. The van der Waals surface area contributed by atoms with Crippen molar-refractivity contribution in [2.75, 3.05) is 24.6 Å². The van der Waals surface area contributed by atoms with Crippen LogP contribution in [0.2, 0.25) is 0 Å². The molecule has 5 N–H and O–H groups in total. The van der Waals surface area contributed by atoms with E-state index in [4.69, 9.17) is 16.2 Å². The van der Waals surface area contributed by atoms with Crippen LogP contribution in [0.15, 0.2) is 71.6 Å². The van der Waals surface area contributed by atoms with Crippen molar-refractivity contribution in [2.45, 2.75) is 36.2 Å². The molecule has 1 aliphatic rings. The number of benzene rings is 3. The van der Waals surface area contributed by atoms with Gasteiger partial charge >= 0.3 is 12.1 Å². The Morgan fingerprint density at radius 3 is 2.45 bits per heavy atom. The number of likely N-dealkylation sites (tertiary alicyclic amines) is 1. The monoisotopic (exact) mass is 538 g/mol. The second-order valence-electron chi connectivity index (χ2n) is 9.17. The van der Waals surface area contributed by atoms with Crippen LogP contribution in [0.1, 0.15) is 29.6 Å². The lowest BCUT2D eigenvalue weighted by molar-refractivity contribution is -0.140. The molecule has 4 rings (SSSR count). The lowest BCUT2D eigenvalue weighted by Gasteiger charge is -2.34. The zero-order valence-corrected chi connectivity index (χ0v) is 21.5. The highest BCUT2D eigenvalue weighted by atomic mass is 32.2. The number of nitrogens with two attached hydrogens (primary N) is 2. The van der Waals surface area contributed by atoms with Gasteiger partial charge in [-0.2, -0.15) is 0 Å². The van der Waals surface area contributed by atoms with Crippen molar-refractivity contribution >= 4 is 44.3 Å². The number of nitrogens with one attached hydrogen (secondary N) is 1. The molecule has 0 radical (unpaired) electrons.